The lowest BCUT2D eigenvalue weighted by molar-refractivity contribution is -0.0682. The van der Waals surface area contributed by atoms with Crippen LogP contribution in [0, 0.1) is 5.92 Å². The number of hydrogen-bond acceptors (Lipinski definition) is 2. The molecule has 0 aromatic rings. The van der Waals surface area contributed by atoms with Gasteiger partial charge in [0.15, 0.2) is 0 Å². The van der Waals surface area contributed by atoms with Crippen LogP contribution in [0.5, 0.6) is 0 Å². The Hall–Kier alpha value is -0.0800. The van der Waals surface area contributed by atoms with E-state index in [2.05, 4.69) is 26.1 Å². The number of hydrogen-bond donors (Lipinski definition) is 1. The smallest absolute Gasteiger partial charge is 0.0901 e. The molecule has 0 radical (unpaired) electrons. The quantitative estimate of drug-likeness (QED) is 0.637. The zero-order valence-electron chi connectivity index (χ0n) is 8.52. The van der Waals surface area contributed by atoms with Crippen molar-refractivity contribution in [2.75, 3.05) is 19.7 Å². The fraction of sp³-hybridized carbons (Fsp3) is 1.00. The zero-order valence-corrected chi connectivity index (χ0v) is 8.52. The molecule has 0 saturated carbocycles. The maximum Gasteiger partial charge on any atom is 0.0901 e. The van der Waals surface area contributed by atoms with Crippen molar-refractivity contribution >= 4 is 0 Å². The lowest BCUT2D eigenvalue weighted by Gasteiger charge is -2.39. The van der Waals surface area contributed by atoms with Crippen LogP contribution in [-0.2, 0) is 4.74 Å². The SMILES string of the molecule is CC(C)CCCOC1(C)CNC1. The summed E-state index contributed by atoms with van der Waals surface area (Å²) in [5.41, 5.74) is 0.150. The molecule has 1 rings (SSSR count). The number of nitrogens with one attached hydrogen (secondary N) is 1. The van der Waals surface area contributed by atoms with Crippen LogP contribution < -0.4 is 5.32 Å². The molecule has 0 spiro atoms. The van der Waals surface area contributed by atoms with Gasteiger partial charge in [-0.3, -0.25) is 0 Å². The second kappa shape index (κ2) is 4.24. The zero-order chi connectivity index (χ0) is 9.03. The Morgan fingerprint density at radius 2 is 2.08 bits per heavy atom. The third-order valence-corrected chi connectivity index (χ3v) is 2.37. The van der Waals surface area contributed by atoms with Crippen molar-refractivity contribution in [3.05, 3.63) is 0 Å². The molecule has 1 N–H and O–H groups in total. The van der Waals surface area contributed by atoms with Gasteiger partial charge in [0, 0.05) is 19.7 Å². The minimum absolute atomic E-state index is 0.150. The van der Waals surface area contributed by atoms with Crippen LogP contribution in [0.15, 0.2) is 0 Å². The summed E-state index contributed by atoms with van der Waals surface area (Å²) in [6.45, 7) is 9.66. The van der Waals surface area contributed by atoms with Gasteiger partial charge in [-0.15, -0.1) is 0 Å². The third kappa shape index (κ3) is 3.11. The molecule has 12 heavy (non-hydrogen) atoms. The van der Waals surface area contributed by atoms with E-state index in [9.17, 15) is 0 Å². The van der Waals surface area contributed by atoms with Gasteiger partial charge < -0.3 is 10.1 Å². The summed E-state index contributed by atoms with van der Waals surface area (Å²) in [5.74, 6) is 0.806. The molecule has 0 unspecified atom stereocenters. The Balaban J connectivity index is 1.95. The van der Waals surface area contributed by atoms with E-state index < -0.39 is 0 Å². The highest BCUT2D eigenvalue weighted by atomic mass is 16.5. The van der Waals surface area contributed by atoms with E-state index in [0.29, 0.717) is 0 Å². The highest BCUT2D eigenvalue weighted by Crippen LogP contribution is 2.16. The van der Waals surface area contributed by atoms with Crippen molar-refractivity contribution in [1.29, 1.82) is 0 Å². The Kier molecular flexibility index (Phi) is 3.53. The van der Waals surface area contributed by atoms with Crippen LogP contribution in [0.1, 0.15) is 33.6 Å². The van der Waals surface area contributed by atoms with Gasteiger partial charge in [-0.2, -0.15) is 0 Å². The van der Waals surface area contributed by atoms with Crippen LogP contribution in [0.25, 0.3) is 0 Å². The molecule has 0 bridgehead atoms. The van der Waals surface area contributed by atoms with E-state index in [1.54, 1.807) is 0 Å². The molecule has 1 aliphatic rings. The molecule has 0 amide bonds. The van der Waals surface area contributed by atoms with Gasteiger partial charge in [0.25, 0.3) is 0 Å². The van der Waals surface area contributed by atoms with Gasteiger partial charge in [0.05, 0.1) is 5.60 Å². The van der Waals surface area contributed by atoms with Crippen molar-refractivity contribution < 1.29 is 4.74 Å². The van der Waals surface area contributed by atoms with Crippen molar-refractivity contribution in [2.45, 2.75) is 39.2 Å². The average Bonchev–Trinajstić information content (AvgIpc) is 1.94. The molecule has 0 atom stereocenters. The number of ether oxygens (including phenoxy) is 1. The van der Waals surface area contributed by atoms with Gasteiger partial charge in [-0.25, -0.2) is 0 Å². The van der Waals surface area contributed by atoms with Crippen LogP contribution in [-0.4, -0.2) is 25.3 Å². The second-order valence-corrected chi connectivity index (χ2v) is 4.44. The predicted octanol–water partition coefficient (Wildman–Crippen LogP) is 1.80. The Morgan fingerprint density at radius 1 is 1.42 bits per heavy atom. The first-order valence-electron chi connectivity index (χ1n) is 4.97. The highest BCUT2D eigenvalue weighted by molar-refractivity contribution is 4.89. The number of rotatable bonds is 5. The summed E-state index contributed by atoms with van der Waals surface area (Å²) in [6, 6.07) is 0. The van der Waals surface area contributed by atoms with Crippen molar-refractivity contribution in [3.63, 3.8) is 0 Å². The third-order valence-electron chi connectivity index (χ3n) is 2.37. The summed E-state index contributed by atoms with van der Waals surface area (Å²) < 4.78 is 5.75. The van der Waals surface area contributed by atoms with E-state index in [1.807, 2.05) is 0 Å². The van der Waals surface area contributed by atoms with E-state index in [-0.39, 0.29) is 5.60 Å². The first-order valence-corrected chi connectivity index (χ1v) is 4.97. The largest absolute Gasteiger partial charge is 0.373 e. The van der Waals surface area contributed by atoms with Crippen molar-refractivity contribution in [1.82, 2.24) is 5.32 Å². The topological polar surface area (TPSA) is 21.3 Å². The van der Waals surface area contributed by atoms with Crippen LogP contribution >= 0.6 is 0 Å². The van der Waals surface area contributed by atoms with Crippen LogP contribution in [0.3, 0.4) is 0 Å². The summed E-state index contributed by atoms with van der Waals surface area (Å²) in [5, 5.41) is 3.23. The average molecular weight is 171 g/mol. The summed E-state index contributed by atoms with van der Waals surface area (Å²) in [7, 11) is 0. The highest BCUT2D eigenvalue weighted by Gasteiger charge is 2.31. The van der Waals surface area contributed by atoms with Crippen LogP contribution in [0.2, 0.25) is 0 Å². The van der Waals surface area contributed by atoms with Gasteiger partial charge in [-0.1, -0.05) is 13.8 Å². The first kappa shape index (κ1) is 10.0. The molecular formula is C10H21NO. The summed E-state index contributed by atoms with van der Waals surface area (Å²) in [4.78, 5) is 0. The molecule has 1 fully saturated rings. The maximum absolute atomic E-state index is 5.75. The molecule has 72 valence electrons. The van der Waals surface area contributed by atoms with Gasteiger partial charge in [0.2, 0.25) is 0 Å². The standard InChI is InChI=1S/C10H21NO/c1-9(2)5-4-6-12-10(3)7-11-8-10/h9,11H,4-8H2,1-3H3. The maximum atomic E-state index is 5.75. The molecule has 1 aliphatic heterocycles. The molecule has 0 aromatic carbocycles. The lowest BCUT2D eigenvalue weighted by atomic mass is 10.00. The van der Waals surface area contributed by atoms with E-state index in [0.717, 1.165) is 25.6 Å². The molecular weight excluding hydrogens is 150 g/mol. The molecule has 0 aromatic heterocycles. The summed E-state index contributed by atoms with van der Waals surface area (Å²) in [6.07, 6.45) is 2.48. The predicted molar refractivity (Wildman–Crippen MR) is 51.3 cm³/mol. The van der Waals surface area contributed by atoms with Crippen molar-refractivity contribution in [3.8, 4) is 0 Å². The van der Waals surface area contributed by atoms with Gasteiger partial charge in [-0.05, 0) is 25.7 Å². The van der Waals surface area contributed by atoms with E-state index in [1.165, 1.54) is 12.8 Å². The minimum atomic E-state index is 0.150. The lowest BCUT2D eigenvalue weighted by Crippen LogP contribution is -2.59. The molecule has 0 aliphatic carbocycles. The van der Waals surface area contributed by atoms with Crippen molar-refractivity contribution in [2.24, 2.45) is 5.92 Å². The van der Waals surface area contributed by atoms with E-state index >= 15 is 0 Å². The monoisotopic (exact) mass is 171 g/mol. The molecule has 2 heteroatoms. The molecule has 1 saturated heterocycles. The minimum Gasteiger partial charge on any atom is -0.373 e. The van der Waals surface area contributed by atoms with Crippen LogP contribution in [0.4, 0.5) is 0 Å². The Bertz CT molecular complexity index is 130. The molecule has 1 heterocycles. The second-order valence-electron chi connectivity index (χ2n) is 4.44. The Labute approximate surface area is 75.7 Å². The fourth-order valence-electron chi connectivity index (χ4n) is 1.39. The summed E-state index contributed by atoms with van der Waals surface area (Å²) >= 11 is 0. The first-order chi connectivity index (χ1) is 5.62. The Morgan fingerprint density at radius 3 is 2.50 bits per heavy atom. The molecule has 2 nitrogen and oxygen atoms in total. The normalized spacial score (nSPS) is 21.0. The van der Waals surface area contributed by atoms with E-state index in [4.69, 9.17) is 4.74 Å². The van der Waals surface area contributed by atoms with Gasteiger partial charge >= 0.3 is 0 Å². The van der Waals surface area contributed by atoms with Gasteiger partial charge in [0.1, 0.15) is 0 Å². The fourth-order valence-corrected chi connectivity index (χ4v) is 1.39.